The van der Waals surface area contributed by atoms with E-state index in [1.807, 2.05) is 0 Å². The van der Waals surface area contributed by atoms with Crippen LogP contribution in [0.1, 0.15) is 41.0 Å². The first-order valence-electron chi connectivity index (χ1n) is 6.27. The molecule has 1 fully saturated rings. The maximum Gasteiger partial charge on any atom is 0.0116 e. The highest BCUT2D eigenvalue weighted by Crippen LogP contribution is 2.28. The minimum atomic E-state index is 0.395. The van der Waals surface area contributed by atoms with Gasteiger partial charge in [0, 0.05) is 18.6 Å². The van der Waals surface area contributed by atoms with Crippen LogP contribution in [-0.4, -0.2) is 37.1 Å². The Morgan fingerprint density at radius 1 is 1.33 bits per heavy atom. The van der Waals surface area contributed by atoms with Crippen molar-refractivity contribution in [2.24, 2.45) is 11.3 Å². The first-order chi connectivity index (χ1) is 6.86. The SMILES string of the molecule is CNC1CCN(C(C)C(C)(C)C)CC1C. The van der Waals surface area contributed by atoms with E-state index in [9.17, 15) is 0 Å². The van der Waals surface area contributed by atoms with E-state index in [1.54, 1.807) is 0 Å². The molecule has 1 aliphatic rings. The van der Waals surface area contributed by atoms with Crippen LogP contribution in [0.15, 0.2) is 0 Å². The lowest BCUT2D eigenvalue weighted by molar-refractivity contribution is 0.0585. The Morgan fingerprint density at radius 3 is 2.33 bits per heavy atom. The predicted octanol–water partition coefficient (Wildman–Crippen LogP) is 2.35. The molecule has 0 aromatic carbocycles. The van der Waals surface area contributed by atoms with Crippen LogP contribution in [0.3, 0.4) is 0 Å². The zero-order chi connectivity index (χ0) is 11.6. The van der Waals surface area contributed by atoms with Crippen molar-refractivity contribution in [3.63, 3.8) is 0 Å². The summed E-state index contributed by atoms with van der Waals surface area (Å²) in [6.07, 6.45) is 1.29. The summed E-state index contributed by atoms with van der Waals surface area (Å²) in [5.41, 5.74) is 0.395. The van der Waals surface area contributed by atoms with E-state index in [-0.39, 0.29) is 0 Å². The van der Waals surface area contributed by atoms with Gasteiger partial charge in [0.1, 0.15) is 0 Å². The number of hydrogen-bond acceptors (Lipinski definition) is 2. The summed E-state index contributed by atoms with van der Waals surface area (Å²) >= 11 is 0. The van der Waals surface area contributed by atoms with Crippen LogP contribution >= 0.6 is 0 Å². The van der Waals surface area contributed by atoms with Gasteiger partial charge >= 0.3 is 0 Å². The number of nitrogens with one attached hydrogen (secondary N) is 1. The Hall–Kier alpha value is -0.0800. The maximum absolute atomic E-state index is 3.43. The normalized spacial score (nSPS) is 31.6. The molecule has 0 radical (unpaired) electrons. The number of likely N-dealkylation sites (tertiary alicyclic amines) is 1. The molecule has 90 valence electrons. The highest BCUT2D eigenvalue weighted by atomic mass is 15.2. The summed E-state index contributed by atoms with van der Waals surface area (Å²) in [5, 5.41) is 3.43. The van der Waals surface area contributed by atoms with Crippen molar-refractivity contribution in [2.75, 3.05) is 20.1 Å². The van der Waals surface area contributed by atoms with Gasteiger partial charge in [0.25, 0.3) is 0 Å². The van der Waals surface area contributed by atoms with E-state index in [2.05, 4.69) is 51.9 Å². The molecule has 3 atom stereocenters. The van der Waals surface area contributed by atoms with Crippen molar-refractivity contribution in [1.82, 2.24) is 10.2 Å². The highest BCUT2D eigenvalue weighted by molar-refractivity contribution is 4.87. The van der Waals surface area contributed by atoms with Crippen molar-refractivity contribution in [1.29, 1.82) is 0 Å². The zero-order valence-corrected chi connectivity index (χ0v) is 11.3. The molecule has 2 heteroatoms. The van der Waals surface area contributed by atoms with Crippen LogP contribution in [0.4, 0.5) is 0 Å². The molecule has 0 aromatic heterocycles. The third-order valence-corrected chi connectivity index (χ3v) is 4.11. The summed E-state index contributed by atoms with van der Waals surface area (Å²) in [7, 11) is 2.09. The van der Waals surface area contributed by atoms with E-state index in [0.717, 1.165) is 5.92 Å². The molecule has 1 saturated heterocycles. The van der Waals surface area contributed by atoms with Crippen LogP contribution in [0.25, 0.3) is 0 Å². The van der Waals surface area contributed by atoms with E-state index < -0.39 is 0 Å². The molecule has 1 aliphatic heterocycles. The molecule has 0 amide bonds. The molecule has 1 rings (SSSR count). The largest absolute Gasteiger partial charge is 0.317 e. The van der Waals surface area contributed by atoms with Crippen LogP contribution in [0.2, 0.25) is 0 Å². The van der Waals surface area contributed by atoms with Gasteiger partial charge in [0.2, 0.25) is 0 Å². The third kappa shape index (κ3) is 3.18. The zero-order valence-electron chi connectivity index (χ0n) is 11.3. The fraction of sp³-hybridized carbons (Fsp3) is 1.00. The fourth-order valence-corrected chi connectivity index (χ4v) is 2.51. The predicted molar refractivity (Wildman–Crippen MR) is 67.1 cm³/mol. The maximum atomic E-state index is 3.43. The lowest BCUT2D eigenvalue weighted by atomic mass is 9.84. The summed E-state index contributed by atoms with van der Waals surface area (Å²) in [6, 6.07) is 1.39. The molecule has 1 N–H and O–H groups in total. The van der Waals surface area contributed by atoms with Crippen LogP contribution < -0.4 is 5.32 Å². The highest BCUT2D eigenvalue weighted by Gasteiger charge is 2.32. The first kappa shape index (κ1) is 13.0. The van der Waals surface area contributed by atoms with E-state index >= 15 is 0 Å². The Kier molecular flexibility index (Phi) is 4.19. The van der Waals surface area contributed by atoms with Crippen molar-refractivity contribution in [3.05, 3.63) is 0 Å². The standard InChI is InChI=1S/C13H28N2/c1-10-9-15(8-7-12(10)14-6)11(2)13(3,4)5/h10-12,14H,7-9H2,1-6H3. The van der Waals surface area contributed by atoms with Crippen LogP contribution in [-0.2, 0) is 0 Å². The Balaban J connectivity index is 2.54. The van der Waals surface area contributed by atoms with Gasteiger partial charge in [-0.15, -0.1) is 0 Å². The van der Waals surface area contributed by atoms with Gasteiger partial charge in [0.15, 0.2) is 0 Å². The minimum Gasteiger partial charge on any atom is -0.317 e. The Bertz CT molecular complexity index is 195. The third-order valence-electron chi connectivity index (χ3n) is 4.11. The van der Waals surface area contributed by atoms with E-state index in [0.29, 0.717) is 17.5 Å². The lowest BCUT2D eigenvalue weighted by Crippen LogP contribution is -2.52. The van der Waals surface area contributed by atoms with Crippen molar-refractivity contribution >= 4 is 0 Å². The van der Waals surface area contributed by atoms with Crippen molar-refractivity contribution < 1.29 is 0 Å². The number of hydrogen-bond donors (Lipinski definition) is 1. The fourth-order valence-electron chi connectivity index (χ4n) is 2.51. The molecule has 3 unspecified atom stereocenters. The van der Waals surface area contributed by atoms with Gasteiger partial charge in [-0.2, -0.15) is 0 Å². The van der Waals surface area contributed by atoms with E-state index in [4.69, 9.17) is 0 Å². The average Bonchev–Trinajstić information content (AvgIpc) is 2.15. The molecule has 0 saturated carbocycles. The molecular formula is C13H28N2. The van der Waals surface area contributed by atoms with Gasteiger partial charge in [0.05, 0.1) is 0 Å². The number of nitrogens with zero attached hydrogens (tertiary/aromatic N) is 1. The van der Waals surface area contributed by atoms with Gasteiger partial charge < -0.3 is 5.32 Å². The minimum absolute atomic E-state index is 0.395. The Morgan fingerprint density at radius 2 is 1.93 bits per heavy atom. The van der Waals surface area contributed by atoms with Gasteiger partial charge in [-0.1, -0.05) is 27.7 Å². The summed E-state index contributed by atoms with van der Waals surface area (Å²) in [6.45, 7) is 14.2. The molecule has 1 heterocycles. The van der Waals surface area contributed by atoms with Crippen molar-refractivity contribution in [2.45, 2.75) is 53.1 Å². The lowest BCUT2D eigenvalue weighted by Gasteiger charge is -2.44. The van der Waals surface area contributed by atoms with Gasteiger partial charge in [-0.3, -0.25) is 4.90 Å². The Labute approximate surface area is 95.4 Å². The molecular weight excluding hydrogens is 184 g/mol. The smallest absolute Gasteiger partial charge is 0.0116 e. The topological polar surface area (TPSA) is 15.3 Å². The molecule has 0 aliphatic carbocycles. The second-order valence-corrected chi connectivity index (χ2v) is 6.20. The van der Waals surface area contributed by atoms with Crippen LogP contribution in [0.5, 0.6) is 0 Å². The van der Waals surface area contributed by atoms with Crippen LogP contribution in [0, 0.1) is 11.3 Å². The van der Waals surface area contributed by atoms with Gasteiger partial charge in [-0.05, 0) is 38.3 Å². The molecule has 0 aromatic rings. The number of rotatable bonds is 2. The second kappa shape index (κ2) is 4.84. The average molecular weight is 212 g/mol. The summed E-state index contributed by atoms with van der Waals surface area (Å²) in [5.74, 6) is 0.772. The molecule has 0 spiro atoms. The summed E-state index contributed by atoms with van der Waals surface area (Å²) < 4.78 is 0. The van der Waals surface area contributed by atoms with Gasteiger partial charge in [-0.25, -0.2) is 0 Å². The second-order valence-electron chi connectivity index (χ2n) is 6.20. The molecule has 2 nitrogen and oxygen atoms in total. The molecule has 0 bridgehead atoms. The first-order valence-corrected chi connectivity index (χ1v) is 6.27. The summed E-state index contributed by atoms with van der Waals surface area (Å²) in [4.78, 5) is 2.65. The van der Waals surface area contributed by atoms with Crippen molar-refractivity contribution in [3.8, 4) is 0 Å². The molecule has 15 heavy (non-hydrogen) atoms. The van der Waals surface area contributed by atoms with E-state index in [1.165, 1.54) is 19.5 Å². The number of piperidine rings is 1. The quantitative estimate of drug-likeness (QED) is 0.756. The monoisotopic (exact) mass is 212 g/mol.